The lowest BCUT2D eigenvalue weighted by atomic mass is 10.2. The molecule has 138 valence electrons. The fraction of sp³-hybridized carbons (Fsp3) is 0.353. The van der Waals surface area contributed by atoms with Crippen LogP contribution in [0.15, 0.2) is 40.7 Å². The molecule has 0 aromatic heterocycles. The fourth-order valence-corrected chi connectivity index (χ4v) is 1.85. The Labute approximate surface area is 149 Å². The number of hydrogen-bond donors (Lipinski definition) is 0. The summed E-state index contributed by atoms with van der Waals surface area (Å²) in [6.45, 7) is 0.0355. The Morgan fingerprint density at radius 1 is 1.23 bits per heavy atom. The molecular weight excluding hydrogens is 349 g/mol. The van der Waals surface area contributed by atoms with E-state index in [1.807, 2.05) is 0 Å². The number of nitrogens with zero attached hydrogens (tertiary/aromatic N) is 4. The van der Waals surface area contributed by atoms with Crippen LogP contribution in [0.1, 0.15) is 12.0 Å². The van der Waals surface area contributed by atoms with Crippen molar-refractivity contribution in [2.45, 2.75) is 12.6 Å². The van der Waals surface area contributed by atoms with Crippen molar-refractivity contribution in [3.05, 3.63) is 41.1 Å². The van der Waals surface area contributed by atoms with Crippen LogP contribution in [-0.4, -0.2) is 38.4 Å². The molecule has 0 unspecified atom stereocenters. The molecule has 0 bridgehead atoms. The topological polar surface area (TPSA) is 81.6 Å². The van der Waals surface area contributed by atoms with Gasteiger partial charge in [-0.2, -0.15) is 23.7 Å². The number of halogens is 3. The molecular formula is C17H17F3N4O2. The van der Waals surface area contributed by atoms with E-state index >= 15 is 0 Å². The van der Waals surface area contributed by atoms with Crippen LogP contribution in [0.25, 0.3) is 0 Å². The molecule has 0 saturated heterocycles. The fourth-order valence-electron chi connectivity index (χ4n) is 1.85. The number of hydrogen-bond acceptors (Lipinski definition) is 6. The maximum absolute atomic E-state index is 12.6. The van der Waals surface area contributed by atoms with E-state index < -0.39 is 11.7 Å². The third-order valence-electron chi connectivity index (χ3n) is 3.09. The third kappa shape index (κ3) is 6.73. The first kappa shape index (κ1) is 20.8. The van der Waals surface area contributed by atoms with Gasteiger partial charge in [0.15, 0.2) is 6.61 Å². The maximum atomic E-state index is 12.6. The van der Waals surface area contributed by atoms with Crippen molar-refractivity contribution >= 4 is 6.21 Å². The summed E-state index contributed by atoms with van der Waals surface area (Å²) in [6, 6.07) is 8.14. The lowest BCUT2D eigenvalue weighted by Gasteiger charge is -2.14. The van der Waals surface area contributed by atoms with Gasteiger partial charge in [-0.05, 0) is 18.2 Å². The minimum absolute atomic E-state index is 0.0106. The first-order valence-corrected chi connectivity index (χ1v) is 7.44. The summed E-state index contributed by atoms with van der Waals surface area (Å²) in [5.41, 5.74) is -0.320. The van der Waals surface area contributed by atoms with Crippen LogP contribution in [0.5, 0.6) is 5.75 Å². The zero-order chi connectivity index (χ0) is 19.6. The largest absolute Gasteiger partial charge is 0.490 e. The van der Waals surface area contributed by atoms with Crippen LogP contribution in [0.3, 0.4) is 0 Å². The summed E-state index contributed by atoms with van der Waals surface area (Å²) in [5, 5.41) is 21.4. The minimum atomic E-state index is -4.43. The molecule has 6 nitrogen and oxygen atoms in total. The van der Waals surface area contributed by atoms with Gasteiger partial charge in [0.1, 0.15) is 30.1 Å². The van der Waals surface area contributed by atoms with Crippen LogP contribution in [0.4, 0.5) is 13.2 Å². The number of benzene rings is 1. The molecule has 9 heteroatoms. The van der Waals surface area contributed by atoms with E-state index in [1.54, 1.807) is 31.1 Å². The lowest BCUT2D eigenvalue weighted by Crippen LogP contribution is -2.13. The molecule has 0 aliphatic heterocycles. The molecule has 0 amide bonds. The third-order valence-corrected chi connectivity index (χ3v) is 3.09. The molecule has 1 rings (SSSR count). The predicted octanol–water partition coefficient (Wildman–Crippen LogP) is 3.34. The van der Waals surface area contributed by atoms with Crippen molar-refractivity contribution in [1.29, 1.82) is 10.5 Å². The summed E-state index contributed by atoms with van der Waals surface area (Å²) < 4.78 is 42.9. The minimum Gasteiger partial charge on any atom is -0.490 e. The van der Waals surface area contributed by atoms with Crippen LogP contribution >= 0.6 is 0 Å². The number of oxime groups is 1. The highest BCUT2D eigenvalue weighted by molar-refractivity contribution is 5.62. The molecule has 0 N–H and O–H groups in total. The van der Waals surface area contributed by atoms with E-state index in [0.717, 1.165) is 12.1 Å². The highest BCUT2D eigenvalue weighted by atomic mass is 19.4. The Balaban J connectivity index is 2.44. The Kier molecular flexibility index (Phi) is 7.97. The molecule has 1 aromatic carbocycles. The van der Waals surface area contributed by atoms with Crippen LogP contribution in [-0.2, 0) is 11.0 Å². The van der Waals surface area contributed by atoms with Gasteiger partial charge in [-0.25, -0.2) is 0 Å². The summed E-state index contributed by atoms with van der Waals surface area (Å²) in [4.78, 5) is 6.57. The molecule has 0 atom stereocenters. The molecule has 0 aliphatic rings. The molecule has 0 heterocycles. The van der Waals surface area contributed by atoms with Crippen molar-refractivity contribution in [2.24, 2.45) is 5.16 Å². The van der Waals surface area contributed by atoms with Gasteiger partial charge < -0.3 is 14.5 Å². The summed E-state index contributed by atoms with van der Waals surface area (Å²) in [7, 11) is 3.39. The second-order valence-electron chi connectivity index (χ2n) is 5.14. The number of allylic oxidation sites excluding steroid dienone is 2. The second-order valence-corrected chi connectivity index (χ2v) is 5.14. The van der Waals surface area contributed by atoms with E-state index in [0.29, 0.717) is 5.70 Å². The van der Waals surface area contributed by atoms with E-state index in [4.69, 9.17) is 20.1 Å². The van der Waals surface area contributed by atoms with Gasteiger partial charge in [0.25, 0.3) is 0 Å². The van der Waals surface area contributed by atoms with E-state index in [9.17, 15) is 13.2 Å². The predicted molar refractivity (Wildman–Crippen MR) is 87.9 cm³/mol. The number of ether oxygens (including phenoxy) is 1. The number of alkyl halides is 3. The van der Waals surface area contributed by atoms with E-state index in [1.165, 1.54) is 18.3 Å². The van der Waals surface area contributed by atoms with Crippen LogP contribution in [0, 0.1) is 22.7 Å². The molecule has 0 radical (unpaired) electrons. The summed E-state index contributed by atoms with van der Waals surface area (Å²) in [6.07, 6.45) is -2.82. The van der Waals surface area contributed by atoms with Crippen LogP contribution in [0.2, 0.25) is 0 Å². The van der Waals surface area contributed by atoms with Gasteiger partial charge in [-0.15, -0.1) is 0 Å². The number of rotatable bonds is 8. The standard InChI is InChI=1S/C17H17F3N4O2/c1-24(2)16(13(11-21)12-22)6-7-23-26-9-8-25-15-5-3-4-14(10-15)17(18,19)20/h3-5,7,10H,6,8-9H2,1-2H3. The summed E-state index contributed by atoms with van der Waals surface area (Å²) in [5.74, 6) is 0.0814. The monoisotopic (exact) mass is 366 g/mol. The van der Waals surface area contributed by atoms with Gasteiger partial charge in [-0.3, -0.25) is 0 Å². The number of nitriles is 2. The second kappa shape index (κ2) is 9.94. The van der Waals surface area contributed by atoms with Gasteiger partial charge in [0.05, 0.1) is 5.56 Å². The lowest BCUT2D eigenvalue weighted by molar-refractivity contribution is -0.137. The smallest absolute Gasteiger partial charge is 0.416 e. The Morgan fingerprint density at radius 2 is 1.92 bits per heavy atom. The SMILES string of the molecule is CN(C)C(CC=NOCCOc1cccc(C(F)(F)F)c1)=C(C#N)C#N. The van der Waals surface area contributed by atoms with Gasteiger partial charge >= 0.3 is 6.18 Å². The average Bonchev–Trinajstić information content (AvgIpc) is 2.59. The normalized spacial score (nSPS) is 10.7. The average molecular weight is 366 g/mol. The van der Waals surface area contributed by atoms with Gasteiger partial charge in [0.2, 0.25) is 0 Å². The van der Waals surface area contributed by atoms with Crippen molar-refractivity contribution in [2.75, 3.05) is 27.3 Å². The molecule has 1 aromatic rings. The first-order valence-electron chi connectivity index (χ1n) is 7.44. The molecule has 0 saturated carbocycles. The first-order chi connectivity index (χ1) is 12.3. The molecule has 0 aliphatic carbocycles. The Hall–Kier alpha value is -3.20. The van der Waals surface area contributed by atoms with Crippen molar-refractivity contribution in [1.82, 2.24) is 4.90 Å². The summed E-state index contributed by atoms with van der Waals surface area (Å²) >= 11 is 0. The van der Waals surface area contributed by atoms with E-state index in [-0.39, 0.29) is 31.0 Å². The zero-order valence-corrected chi connectivity index (χ0v) is 14.2. The Bertz CT molecular complexity index is 728. The zero-order valence-electron chi connectivity index (χ0n) is 14.2. The van der Waals surface area contributed by atoms with Crippen molar-refractivity contribution < 1.29 is 22.7 Å². The van der Waals surface area contributed by atoms with Crippen molar-refractivity contribution in [3.8, 4) is 17.9 Å². The molecule has 0 fully saturated rings. The molecule has 26 heavy (non-hydrogen) atoms. The molecule has 0 spiro atoms. The highest BCUT2D eigenvalue weighted by Gasteiger charge is 2.30. The highest BCUT2D eigenvalue weighted by Crippen LogP contribution is 2.31. The van der Waals surface area contributed by atoms with E-state index in [2.05, 4.69) is 5.16 Å². The quantitative estimate of drug-likeness (QED) is 0.305. The van der Waals surface area contributed by atoms with Crippen LogP contribution < -0.4 is 4.74 Å². The van der Waals surface area contributed by atoms with Gasteiger partial charge in [-0.1, -0.05) is 11.2 Å². The van der Waals surface area contributed by atoms with Crippen molar-refractivity contribution in [3.63, 3.8) is 0 Å². The Morgan fingerprint density at radius 3 is 2.50 bits per heavy atom. The van der Waals surface area contributed by atoms with Gasteiger partial charge in [0, 0.05) is 32.4 Å². The maximum Gasteiger partial charge on any atom is 0.416 e.